The van der Waals surface area contributed by atoms with Crippen LogP contribution in [-0.2, 0) is 12.5 Å². The Bertz CT molecular complexity index is 774. The number of nitrogens with zero attached hydrogens (tertiary/aromatic N) is 4. The maximum absolute atomic E-state index is 4.53. The molecule has 1 N–H and O–H groups in total. The molecular weight excluding hydrogens is 322 g/mol. The summed E-state index contributed by atoms with van der Waals surface area (Å²) in [4.78, 5) is 6.90. The number of likely N-dealkylation sites (tertiary alicyclic amines) is 1. The van der Waals surface area contributed by atoms with Crippen LogP contribution in [0.2, 0.25) is 0 Å². The number of hydrogen-bond donors (Lipinski definition) is 1. The van der Waals surface area contributed by atoms with Crippen LogP contribution in [0.4, 0.5) is 0 Å². The van der Waals surface area contributed by atoms with Gasteiger partial charge in [0.15, 0.2) is 5.96 Å². The standard InChI is InChI=1S/C21H31N5/c1-16-8-6-7-9-19(16)21(2,3)15-23-20(22-4)26-11-10-17(14-26)18-12-24-25(5)13-18/h6-9,12-13,17H,10-11,14-15H2,1-5H3,(H,22,23). The Balaban J connectivity index is 1.63. The van der Waals surface area contributed by atoms with Gasteiger partial charge in [0.05, 0.1) is 6.20 Å². The summed E-state index contributed by atoms with van der Waals surface area (Å²) in [5.74, 6) is 1.53. The number of hydrogen-bond acceptors (Lipinski definition) is 2. The van der Waals surface area contributed by atoms with Crippen molar-refractivity contribution in [2.45, 2.75) is 38.5 Å². The van der Waals surface area contributed by atoms with E-state index in [9.17, 15) is 0 Å². The van der Waals surface area contributed by atoms with E-state index in [1.807, 2.05) is 25.0 Å². The Morgan fingerprint density at radius 2 is 2.12 bits per heavy atom. The van der Waals surface area contributed by atoms with Crippen LogP contribution < -0.4 is 5.32 Å². The molecule has 0 saturated carbocycles. The van der Waals surface area contributed by atoms with Gasteiger partial charge in [-0.05, 0) is 30.0 Å². The lowest BCUT2D eigenvalue weighted by Gasteiger charge is -2.30. The van der Waals surface area contributed by atoms with E-state index >= 15 is 0 Å². The number of guanidine groups is 1. The van der Waals surface area contributed by atoms with E-state index in [1.165, 1.54) is 16.7 Å². The average Bonchev–Trinajstić information content (AvgIpc) is 3.25. The Morgan fingerprint density at radius 3 is 2.77 bits per heavy atom. The molecule has 0 spiro atoms. The third-order valence-corrected chi connectivity index (χ3v) is 5.46. The van der Waals surface area contributed by atoms with Gasteiger partial charge < -0.3 is 10.2 Å². The first kappa shape index (κ1) is 18.5. The van der Waals surface area contributed by atoms with Gasteiger partial charge in [-0.1, -0.05) is 38.1 Å². The predicted octanol–water partition coefficient (Wildman–Crippen LogP) is 3.07. The van der Waals surface area contributed by atoms with Crippen LogP contribution in [0.5, 0.6) is 0 Å². The summed E-state index contributed by atoms with van der Waals surface area (Å²) in [6.45, 7) is 9.65. The SMILES string of the molecule is CN=C(NCC(C)(C)c1ccccc1C)N1CCC(c2cnn(C)c2)C1. The van der Waals surface area contributed by atoms with Gasteiger partial charge in [0.1, 0.15) is 0 Å². The molecule has 0 bridgehead atoms. The second-order valence-electron chi connectivity index (χ2n) is 7.98. The summed E-state index contributed by atoms with van der Waals surface area (Å²) < 4.78 is 1.88. The first-order chi connectivity index (χ1) is 12.4. The van der Waals surface area contributed by atoms with Gasteiger partial charge in [-0.15, -0.1) is 0 Å². The molecule has 1 fully saturated rings. The largest absolute Gasteiger partial charge is 0.355 e. The summed E-state index contributed by atoms with van der Waals surface area (Å²) in [6, 6.07) is 8.64. The molecule has 2 aromatic rings. The van der Waals surface area contributed by atoms with Crippen molar-refractivity contribution in [3.63, 3.8) is 0 Å². The molecule has 1 unspecified atom stereocenters. The van der Waals surface area contributed by atoms with Crippen LogP contribution in [0.25, 0.3) is 0 Å². The molecule has 1 aliphatic heterocycles. The summed E-state index contributed by atoms with van der Waals surface area (Å²) in [5.41, 5.74) is 4.10. The zero-order chi connectivity index (χ0) is 18.7. The average molecular weight is 354 g/mol. The van der Waals surface area contributed by atoms with E-state index in [0.29, 0.717) is 5.92 Å². The van der Waals surface area contributed by atoms with E-state index in [2.05, 4.69) is 71.5 Å². The van der Waals surface area contributed by atoms with Gasteiger partial charge in [-0.2, -0.15) is 5.10 Å². The van der Waals surface area contributed by atoms with Crippen LogP contribution in [0.1, 0.15) is 42.9 Å². The first-order valence-corrected chi connectivity index (χ1v) is 9.41. The molecule has 140 valence electrons. The lowest BCUT2D eigenvalue weighted by atomic mass is 9.82. The molecule has 1 aromatic heterocycles. The van der Waals surface area contributed by atoms with Crippen molar-refractivity contribution >= 4 is 5.96 Å². The summed E-state index contributed by atoms with van der Waals surface area (Å²) in [5, 5.41) is 7.92. The van der Waals surface area contributed by atoms with E-state index in [0.717, 1.165) is 32.0 Å². The number of rotatable bonds is 4. The van der Waals surface area contributed by atoms with Gasteiger partial charge in [-0.3, -0.25) is 9.67 Å². The highest BCUT2D eigenvalue weighted by molar-refractivity contribution is 5.80. The highest BCUT2D eigenvalue weighted by Crippen LogP contribution is 2.28. The number of aryl methyl sites for hydroxylation is 2. The number of nitrogens with one attached hydrogen (secondary N) is 1. The minimum absolute atomic E-state index is 0.0454. The van der Waals surface area contributed by atoms with Crippen molar-refractivity contribution in [2.75, 3.05) is 26.7 Å². The van der Waals surface area contributed by atoms with Crippen molar-refractivity contribution in [1.29, 1.82) is 0 Å². The molecule has 0 amide bonds. The first-order valence-electron chi connectivity index (χ1n) is 9.41. The Hall–Kier alpha value is -2.30. The number of aromatic nitrogens is 2. The lowest BCUT2D eigenvalue weighted by Crippen LogP contribution is -2.45. The molecule has 0 aliphatic carbocycles. The smallest absolute Gasteiger partial charge is 0.193 e. The molecule has 26 heavy (non-hydrogen) atoms. The van der Waals surface area contributed by atoms with E-state index in [4.69, 9.17) is 0 Å². The van der Waals surface area contributed by atoms with Crippen molar-refractivity contribution in [1.82, 2.24) is 20.0 Å². The second-order valence-corrected chi connectivity index (χ2v) is 7.98. The van der Waals surface area contributed by atoms with Gasteiger partial charge >= 0.3 is 0 Å². The summed E-state index contributed by atoms with van der Waals surface area (Å²) >= 11 is 0. The highest BCUT2D eigenvalue weighted by atomic mass is 15.3. The Morgan fingerprint density at radius 1 is 1.35 bits per heavy atom. The van der Waals surface area contributed by atoms with Crippen LogP contribution in [0.15, 0.2) is 41.7 Å². The monoisotopic (exact) mass is 353 g/mol. The second kappa shape index (κ2) is 7.52. The van der Waals surface area contributed by atoms with Gasteiger partial charge in [0.25, 0.3) is 0 Å². The quantitative estimate of drug-likeness (QED) is 0.679. The molecular formula is C21H31N5. The minimum atomic E-state index is 0.0454. The summed E-state index contributed by atoms with van der Waals surface area (Å²) in [7, 11) is 3.85. The zero-order valence-corrected chi connectivity index (χ0v) is 16.7. The molecule has 1 aliphatic rings. The molecule has 5 heteroatoms. The molecule has 1 aromatic carbocycles. The van der Waals surface area contributed by atoms with Crippen molar-refractivity contribution in [3.05, 3.63) is 53.3 Å². The maximum atomic E-state index is 4.53. The Labute approximate surface area is 157 Å². The van der Waals surface area contributed by atoms with Gasteiger partial charge in [0, 0.05) is 51.3 Å². The summed E-state index contributed by atoms with van der Waals surface area (Å²) in [6.07, 6.45) is 5.27. The van der Waals surface area contributed by atoms with Crippen molar-refractivity contribution in [2.24, 2.45) is 12.0 Å². The molecule has 5 nitrogen and oxygen atoms in total. The van der Waals surface area contributed by atoms with Crippen LogP contribution in [0.3, 0.4) is 0 Å². The van der Waals surface area contributed by atoms with Gasteiger partial charge in [0.2, 0.25) is 0 Å². The Kier molecular flexibility index (Phi) is 5.35. The van der Waals surface area contributed by atoms with Crippen molar-refractivity contribution < 1.29 is 0 Å². The van der Waals surface area contributed by atoms with Crippen molar-refractivity contribution in [3.8, 4) is 0 Å². The molecule has 1 atom stereocenters. The fraction of sp³-hybridized carbons (Fsp3) is 0.524. The van der Waals surface area contributed by atoms with Crippen LogP contribution in [0, 0.1) is 6.92 Å². The number of benzene rings is 1. The van der Waals surface area contributed by atoms with Crippen LogP contribution in [-0.4, -0.2) is 47.3 Å². The zero-order valence-electron chi connectivity index (χ0n) is 16.7. The van der Waals surface area contributed by atoms with Gasteiger partial charge in [-0.25, -0.2) is 0 Å². The third-order valence-electron chi connectivity index (χ3n) is 5.46. The minimum Gasteiger partial charge on any atom is -0.355 e. The molecule has 1 saturated heterocycles. The fourth-order valence-corrected chi connectivity index (χ4v) is 3.94. The molecule has 2 heterocycles. The normalized spacial score (nSPS) is 18.4. The topological polar surface area (TPSA) is 45.5 Å². The highest BCUT2D eigenvalue weighted by Gasteiger charge is 2.28. The maximum Gasteiger partial charge on any atom is 0.193 e. The van der Waals surface area contributed by atoms with E-state index in [1.54, 1.807) is 0 Å². The van der Waals surface area contributed by atoms with Crippen LogP contribution >= 0.6 is 0 Å². The molecule has 0 radical (unpaired) electrons. The third kappa shape index (κ3) is 3.92. The van der Waals surface area contributed by atoms with E-state index in [-0.39, 0.29) is 5.41 Å². The van der Waals surface area contributed by atoms with E-state index < -0.39 is 0 Å². The predicted molar refractivity (Wildman–Crippen MR) is 108 cm³/mol. The molecule has 3 rings (SSSR count). The fourth-order valence-electron chi connectivity index (χ4n) is 3.94. The lowest BCUT2D eigenvalue weighted by molar-refractivity contribution is 0.453. The number of aliphatic imine (C=N–C) groups is 1.